The molecule has 1 N–H and O–H groups in total. The van der Waals surface area contributed by atoms with Gasteiger partial charge < -0.3 is 14.8 Å². The molecule has 0 bridgehead atoms. The maximum atomic E-state index is 12.3. The van der Waals surface area contributed by atoms with Crippen molar-refractivity contribution in [2.45, 2.75) is 20.0 Å². The number of rotatable bonds is 7. The molecule has 0 aromatic heterocycles. The number of para-hydroxylation sites is 1. The lowest BCUT2D eigenvalue weighted by molar-refractivity contribution is -0.142. The number of hydrogen-bond donors (Lipinski definition) is 1. The van der Waals surface area contributed by atoms with Gasteiger partial charge in [0.25, 0.3) is 5.91 Å². The summed E-state index contributed by atoms with van der Waals surface area (Å²) >= 11 is 0. The molecule has 0 aliphatic carbocycles. The second-order valence-corrected chi connectivity index (χ2v) is 5.00. The molecule has 2 rings (SSSR count). The van der Waals surface area contributed by atoms with E-state index in [4.69, 9.17) is 4.74 Å². The van der Waals surface area contributed by atoms with Gasteiger partial charge in [0.1, 0.15) is 5.75 Å². The van der Waals surface area contributed by atoms with Crippen LogP contribution >= 0.6 is 0 Å². The average molecular weight is 349 g/mol. The van der Waals surface area contributed by atoms with Crippen LogP contribution in [0.15, 0.2) is 48.5 Å². The molecule has 25 heavy (non-hydrogen) atoms. The third kappa shape index (κ3) is 5.56. The molecule has 0 radical (unpaired) electrons. The second-order valence-electron chi connectivity index (χ2n) is 5.00. The molecule has 0 aliphatic rings. The van der Waals surface area contributed by atoms with Crippen LogP contribution in [0.4, 0.5) is 14.5 Å². The van der Waals surface area contributed by atoms with E-state index in [1.165, 1.54) is 24.3 Å². The standard InChI is InChI=1S/C18H17F2NO4/c1-2-24-16(22)11-12-6-3-4-9-15(12)21-17(23)13-7-5-8-14(10-13)25-18(19)20/h3-10,18H,2,11H2,1H3,(H,21,23). The smallest absolute Gasteiger partial charge is 0.387 e. The number of ether oxygens (including phenoxy) is 2. The van der Waals surface area contributed by atoms with Crippen molar-refractivity contribution in [3.05, 3.63) is 59.7 Å². The zero-order valence-electron chi connectivity index (χ0n) is 13.5. The summed E-state index contributed by atoms with van der Waals surface area (Å²) in [4.78, 5) is 24.0. The molecule has 0 unspecified atom stereocenters. The number of alkyl halides is 2. The molecule has 0 saturated heterocycles. The van der Waals surface area contributed by atoms with Gasteiger partial charge in [-0.15, -0.1) is 0 Å². The zero-order chi connectivity index (χ0) is 18.2. The van der Waals surface area contributed by atoms with E-state index < -0.39 is 18.5 Å². The topological polar surface area (TPSA) is 64.6 Å². The van der Waals surface area contributed by atoms with Gasteiger partial charge in [-0.2, -0.15) is 8.78 Å². The Bertz CT molecular complexity index is 749. The molecular formula is C18H17F2NO4. The Kier molecular flexibility index (Phi) is 6.45. The Morgan fingerprint density at radius 2 is 1.88 bits per heavy atom. The largest absolute Gasteiger partial charge is 0.466 e. The van der Waals surface area contributed by atoms with Crippen molar-refractivity contribution in [3.63, 3.8) is 0 Å². The van der Waals surface area contributed by atoms with Crippen LogP contribution in [0.25, 0.3) is 0 Å². The van der Waals surface area contributed by atoms with Gasteiger partial charge in [-0.05, 0) is 36.8 Å². The highest BCUT2D eigenvalue weighted by Crippen LogP contribution is 2.20. The van der Waals surface area contributed by atoms with Gasteiger partial charge in [-0.25, -0.2) is 0 Å². The number of halogens is 2. The Hall–Kier alpha value is -2.96. The predicted octanol–water partition coefficient (Wildman–Crippen LogP) is 3.65. The van der Waals surface area contributed by atoms with Gasteiger partial charge in [-0.3, -0.25) is 9.59 Å². The van der Waals surface area contributed by atoms with E-state index in [1.807, 2.05) is 0 Å². The highest BCUT2D eigenvalue weighted by Gasteiger charge is 2.13. The van der Waals surface area contributed by atoms with E-state index in [9.17, 15) is 18.4 Å². The number of benzene rings is 2. The van der Waals surface area contributed by atoms with E-state index in [-0.39, 0.29) is 24.3 Å². The van der Waals surface area contributed by atoms with Crippen molar-refractivity contribution in [1.82, 2.24) is 0 Å². The molecule has 0 atom stereocenters. The molecule has 2 aromatic rings. The van der Waals surface area contributed by atoms with Gasteiger partial charge in [0, 0.05) is 11.3 Å². The number of amides is 1. The quantitative estimate of drug-likeness (QED) is 0.775. The van der Waals surface area contributed by atoms with Gasteiger partial charge in [0.2, 0.25) is 0 Å². The van der Waals surface area contributed by atoms with Gasteiger partial charge in [-0.1, -0.05) is 24.3 Å². The fourth-order valence-electron chi connectivity index (χ4n) is 2.17. The average Bonchev–Trinajstić information content (AvgIpc) is 2.56. The molecular weight excluding hydrogens is 332 g/mol. The summed E-state index contributed by atoms with van der Waals surface area (Å²) in [6.07, 6.45) is 0.0127. The molecule has 5 nitrogen and oxygen atoms in total. The number of carbonyl (C=O) groups excluding carboxylic acids is 2. The lowest BCUT2D eigenvalue weighted by Crippen LogP contribution is -2.15. The summed E-state index contributed by atoms with van der Waals surface area (Å²) in [5, 5.41) is 2.67. The van der Waals surface area contributed by atoms with Crippen LogP contribution in [-0.4, -0.2) is 25.1 Å². The Morgan fingerprint density at radius 1 is 1.12 bits per heavy atom. The first-order chi connectivity index (χ1) is 12.0. The highest BCUT2D eigenvalue weighted by atomic mass is 19.3. The molecule has 2 aromatic carbocycles. The fourth-order valence-corrected chi connectivity index (χ4v) is 2.17. The van der Waals surface area contributed by atoms with E-state index in [2.05, 4.69) is 10.1 Å². The molecule has 0 saturated carbocycles. The van der Waals surface area contributed by atoms with E-state index in [1.54, 1.807) is 31.2 Å². The summed E-state index contributed by atoms with van der Waals surface area (Å²) in [6.45, 7) is -0.992. The summed E-state index contributed by atoms with van der Waals surface area (Å²) in [7, 11) is 0. The van der Waals surface area contributed by atoms with Crippen LogP contribution in [-0.2, 0) is 16.0 Å². The lowest BCUT2D eigenvalue weighted by atomic mass is 10.1. The molecule has 7 heteroatoms. The maximum absolute atomic E-state index is 12.3. The summed E-state index contributed by atoms with van der Waals surface area (Å²) in [6, 6.07) is 12.3. The van der Waals surface area contributed by atoms with Crippen molar-refractivity contribution in [3.8, 4) is 5.75 Å². The van der Waals surface area contributed by atoms with Gasteiger partial charge in [0.05, 0.1) is 13.0 Å². The van der Waals surface area contributed by atoms with Crippen LogP contribution in [0.1, 0.15) is 22.8 Å². The molecule has 0 heterocycles. The molecule has 1 amide bonds. The second kappa shape index (κ2) is 8.77. The molecule has 0 spiro atoms. The SMILES string of the molecule is CCOC(=O)Cc1ccccc1NC(=O)c1cccc(OC(F)F)c1. The maximum Gasteiger partial charge on any atom is 0.387 e. The first-order valence-electron chi connectivity index (χ1n) is 7.59. The van der Waals surface area contributed by atoms with Gasteiger partial charge >= 0.3 is 12.6 Å². The van der Waals surface area contributed by atoms with Crippen LogP contribution in [0.2, 0.25) is 0 Å². The van der Waals surface area contributed by atoms with Gasteiger partial charge in [0.15, 0.2) is 0 Å². The highest BCUT2D eigenvalue weighted by molar-refractivity contribution is 6.05. The van der Waals surface area contributed by atoms with Crippen molar-refractivity contribution in [2.24, 2.45) is 0 Å². The first-order valence-corrected chi connectivity index (χ1v) is 7.59. The number of anilines is 1. The molecule has 132 valence electrons. The third-order valence-electron chi connectivity index (χ3n) is 3.23. The van der Waals surface area contributed by atoms with E-state index in [0.717, 1.165) is 0 Å². The number of nitrogens with one attached hydrogen (secondary N) is 1. The number of hydrogen-bond acceptors (Lipinski definition) is 4. The van der Waals surface area contributed by atoms with Crippen LogP contribution in [0, 0.1) is 0 Å². The van der Waals surface area contributed by atoms with E-state index in [0.29, 0.717) is 11.3 Å². The Balaban J connectivity index is 2.14. The summed E-state index contributed by atoms with van der Waals surface area (Å²) in [5.74, 6) is -1.02. The molecule has 0 fully saturated rings. The van der Waals surface area contributed by atoms with Crippen LogP contribution in [0.5, 0.6) is 5.75 Å². The van der Waals surface area contributed by atoms with Crippen molar-refractivity contribution in [2.75, 3.05) is 11.9 Å². The van der Waals surface area contributed by atoms with Crippen molar-refractivity contribution < 1.29 is 27.8 Å². The van der Waals surface area contributed by atoms with Crippen LogP contribution < -0.4 is 10.1 Å². The minimum Gasteiger partial charge on any atom is -0.466 e. The molecule has 0 aliphatic heterocycles. The predicted molar refractivity (Wildman–Crippen MR) is 87.8 cm³/mol. The third-order valence-corrected chi connectivity index (χ3v) is 3.23. The fraction of sp³-hybridized carbons (Fsp3) is 0.222. The number of carbonyl (C=O) groups is 2. The zero-order valence-corrected chi connectivity index (χ0v) is 13.5. The van der Waals surface area contributed by atoms with E-state index >= 15 is 0 Å². The first kappa shape index (κ1) is 18.4. The minimum absolute atomic E-state index is 0.0127. The Morgan fingerprint density at radius 3 is 2.60 bits per heavy atom. The number of esters is 1. The normalized spacial score (nSPS) is 10.4. The lowest BCUT2D eigenvalue weighted by Gasteiger charge is -2.11. The van der Waals surface area contributed by atoms with Crippen molar-refractivity contribution in [1.29, 1.82) is 0 Å². The Labute approximate surface area is 143 Å². The summed E-state index contributed by atoms with van der Waals surface area (Å²) < 4.78 is 33.7. The minimum atomic E-state index is -2.97. The van der Waals surface area contributed by atoms with Crippen LogP contribution in [0.3, 0.4) is 0 Å². The summed E-state index contributed by atoms with van der Waals surface area (Å²) in [5.41, 5.74) is 1.19. The monoisotopic (exact) mass is 349 g/mol. The van der Waals surface area contributed by atoms with Crippen molar-refractivity contribution >= 4 is 17.6 Å².